The number of allylic oxidation sites excluding steroid dienone is 1. The number of aliphatic carboxylic acids is 1. The van der Waals surface area contributed by atoms with Crippen LogP contribution >= 0.6 is 0 Å². The van der Waals surface area contributed by atoms with Crippen molar-refractivity contribution in [3.05, 3.63) is 12.2 Å². The van der Waals surface area contributed by atoms with Crippen molar-refractivity contribution in [2.75, 3.05) is 0 Å². The monoisotopic (exact) mass is 156 g/mol. The lowest BCUT2D eigenvalue weighted by molar-refractivity contribution is -0.142. The van der Waals surface area contributed by atoms with Crippen molar-refractivity contribution in [1.29, 1.82) is 0 Å². The van der Waals surface area contributed by atoms with E-state index in [4.69, 9.17) is 5.11 Å². The van der Waals surface area contributed by atoms with Crippen LogP contribution in [0.3, 0.4) is 0 Å². The normalized spacial score (nSPS) is 12.5. The maximum atomic E-state index is 10.5. The molecule has 0 bridgehead atoms. The maximum Gasteiger partial charge on any atom is 0.306 e. The van der Waals surface area contributed by atoms with Gasteiger partial charge in [-0.3, -0.25) is 4.79 Å². The van der Waals surface area contributed by atoms with E-state index in [1.807, 2.05) is 13.8 Å². The fourth-order valence-corrected chi connectivity index (χ4v) is 0.923. The molecule has 0 rings (SSSR count). The summed E-state index contributed by atoms with van der Waals surface area (Å²) in [5.74, 6) is -0.875. The molecule has 0 saturated heterocycles. The lowest BCUT2D eigenvalue weighted by Crippen LogP contribution is -2.12. The smallest absolute Gasteiger partial charge is 0.306 e. The van der Waals surface area contributed by atoms with Crippen molar-refractivity contribution >= 4 is 5.97 Å². The molecule has 11 heavy (non-hydrogen) atoms. The molecule has 0 spiro atoms. The zero-order valence-corrected chi connectivity index (χ0v) is 7.26. The van der Waals surface area contributed by atoms with Gasteiger partial charge in [0.05, 0.1) is 5.92 Å². The average molecular weight is 156 g/mol. The second kappa shape index (κ2) is 4.94. The molecule has 0 aromatic rings. The van der Waals surface area contributed by atoms with Crippen LogP contribution in [0.15, 0.2) is 12.2 Å². The van der Waals surface area contributed by atoms with Crippen LogP contribution in [0.1, 0.15) is 33.1 Å². The van der Waals surface area contributed by atoms with Gasteiger partial charge < -0.3 is 5.11 Å². The minimum atomic E-state index is -0.686. The highest BCUT2D eigenvalue weighted by Crippen LogP contribution is 2.13. The Morgan fingerprint density at radius 1 is 1.64 bits per heavy atom. The molecule has 0 radical (unpaired) electrons. The van der Waals surface area contributed by atoms with Crippen molar-refractivity contribution < 1.29 is 9.90 Å². The Balaban J connectivity index is 3.70. The summed E-state index contributed by atoms with van der Waals surface area (Å²) in [6.45, 7) is 7.55. The van der Waals surface area contributed by atoms with Gasteiger partial charge in [0.15, 0.2) is 0 Å². The van der Waals surface area contributed by atoms with Gasteiger partial charge in [-0.25, -0.2) is 0 Å². The number of rotatable bonds is 5. The molecule has 0 amide bonds. The highest BCUT2D eigenvalue weighted by atomic mass is 16.4. The third-order valence-corrected chi connectivity index (χ3v) is 1.76. The molecule has 0 heterocycles. The van der Waals surface area contributed by atoms with Crippen LogP contribution in [0.2, 0.25) is 0 Å². The highest BCUT2D eigenvalue weighted by Gasteiger charge is 2.13. The molecule has 0 fully saturated rings. The van der Waals surface area contributed by atoms with Gasteiger partial charge in [-0.15, -0.1) is 6.58 Å². The van der Waals surface area contributed by atoms with Gasteiger partial charge in [-0.1, -0.05) is 12.5 Å². The molecular weight excluding hydrogens is 140 g/mol. The Hall–Kier alpha value is -0.790. The maximum absolute atomic E-state index is 10.5. The molecule has 2 heteroatoms. The molecule has 1 N–H and O–H groups in total. The lowest BCUT2D eigenvalue weighted by atomic mass is 9.98. The predicted molar refractivity (Wildman–Crippen MR) is 45.5 cm³/mol. The summed E-state index contributed by atoms with van der Waals surface area (Å²) in [7, 11) is 0. The quantitative estimate of drug-likeness (QED) is 0.621. The van der Waals surface area contributed by atoms with Crippen molar-refractivity contribution in [3.63, 3.8) is 0 Å². The van der Waals surface area contributed by atoms with E-state index in [2.05, 4.69) is 6.58 Å². The van der Waals surface area contributed by atoms with Gasteiger partial charge in [0.1, 0.15) is 0 Å². The van der Waals surface area contributed by atoms with Crippen molar-refractivity contribution in [2.45, 2.75) is 33.1 Å². The van der Waals surface area contributed by atoms with E-state index in [0.29, 0.717) is 6.42 Å². The van der Waals surface area contributed by atoms with Crippen molar-refractivity contribution in [2.24, 2.45) is 5.92 Å². The first-order chi connectivity index (χ1) is 5.07. The van der Waals surface area contributed by atoms with E-state index >= 15 is 0 Å². The minimum Gasteiger partial charge on any atom is -0.481 e. The van der Waals surface area contributed by atoms with Gasteiger partial charge in [0.2, 0.25) is 0 Å². The van der Waals surface area contributed by atoms with E-state index < -0.39 is 5.97 Å². The highest BCUT2D eigenvalue weighted by molar-refractivity contribution is 5.69. The Morgan fingerprint density at radius 3 is 2.45 bits per heavy atom. The number of carbonyl (C=O) groups is 1. The van der Waals surface area contributed by atoms with Gasteiger partial charge in [0.25, 0.3) is 0 Å². The number of hydrogen-bond acceptors (Lipinski definition) is 1. The summed E-state index contributed by atoms with van der Waals surface area (Å²) < 4.78 is 0. The molecule has 2 nitrogen and oxygen atoms in total. The Bertz CT molecular complexity index is 150. The standard InChI is InChI=1S/C9H16O2/c1-4-8(9(10)11)6-5-7(2)3/h8H,2,4-6H2,1,3H3,(H,10,11). The predicted octanol–water partition coefficient (Wildman–Crippen LogP) is 2.45. The van der Waals surface area contributed by atoms with Crippen molar-refractivity contribution in [3.8, 4) is 0 Å². The first kappa shape index (κ1) is 10.2. The van der Waals surface area contributed by atoms with Crippen LogP contribution in [0, 0.1) is 5.92 Å². The first-order valence-corrected chi connectivity index (χ1v) is 3.95. The number of carboxylic acid groups (broad SMARTS) is 1. The first-order valence-electron chi connectivity index (χ1n) is 3.95. The van der Waals surface area contributed by atoms with Crippen LogP contribution in [-0.4, -0.2) is 11.1 Å². The van der Waals surface area contributed by atoms with Gasteiger partial charge in [-0.2, -0.15) is 0 Å². The summed E-state index contributed by atoms with van der Waals surface area (Å²) in [5, 5.41) is 8.66. The second-order valence-corrected chi connectivity index (χ2v) is 2.94. The molecule has 1 unspecified atom stereocenters. The largest absolute Gasteiger partial charge is 0.481 e. The summed E-state index contributed by atoms with van der Waals surface area (Å²) in [5.41, 5.74) is 1.06. The van der Waals surface area contributed by atoms with Crippen LogP contribution < -0.4 is 0 Å². The molecule has 0 aromatic heterocycles. The van der Waals surface area contributed by atoms with Crippen LogP contribution in [0.4, 0.5) is 0 Å². The summed E-state index contributed by atoms with van der Waals surface area (Å²) in [4.78, 5) is 10.5. The van der Waals surface area contributed by atoms with Crippen molar-refractivity contribution in [1.82, 2.24) is 0 Å². The van der Waals surface area contributed by atoms with E-state index in [-0.39, 0.29) is 5.92 Å². The Morgan fingerprint density at radius 2 is 2.18 bits per heavy atom. The van der Waals surface area contributed by atoms with Gasteiger partial charge in [0, 0.05) is 0 Å². The molecule has 0 aliphatic heterocycles. The number of hydrogen-bond donors (Lipinski definition) is 1. The molecule has 64 valence electrons. The minimum absolute atomic E-state index is 0.188. The van der Waals surface area contributed by atoms with Gasteiger partial charge in [-0.05, 0) is 26.2 Å². The van der Waals surface area contributed by atoms with Crippen LogP contribution in [0.5, 0.6) is 0 Å². The van der Waals surface area contributed by atoms with E-state index in [1.165, 1.54) is 0 Å². The molecule has 1 atom stereocenters. The lowest BCUT2D eigenvalue weighted by Gasteiger charge is -2.08. The molecule has 0 saturated carbocycles. The van der Waals surface area contributed by atoms with Crippen LogP contribution in [0.25, 0.3) is 0 Å². The second-order valence-electron chi connectivity index (χ2n) is 2.94. The summed E-state index contributed by atoms with van der Waals surface area (Å²) in [6.07, 6.45) is 2.26. The van der Waals surface area contributed by atoms with Crippen LogP contribution in [-0.2, 0) is 4.79 Å². The topological polar surface area (TPSA) is 37.3 Å². The molecular formula is C9H16O2. The fraction of sp³-hybridized carbons (Fsp3) is 0.667. The fourth-order valence-electron chi connectivity index (χ4n) is 0.923. The zero-order chi connectivity index (χ0) is 8.85. The third-order valence-electron chi connectivity index (χ3n) is 1.76. The SMILES string of the molecule is C=C(C)CCC(CC)C(=O)O. The zero-order valence-electron chi connectivity index (χ0n) is 7.26. The third kappa shape index (κ3) is 4.59. The summed E-state index contributed by atoms with van der Waals surface area (Å²) in [6, 6.07) is 0. The molecule has 0 aliphatic carbocycles. The Kier molecular flexibility index (Phi) is 4.59. The molecule has 0 aliphatic rings. The Labute approximate surface area is 67.9 Å². The average Bonchev–Trinajstić information content (AvgIpc) is 1.87. The van der Waals surface area contributed by atoms with E-state index in [1.54, 1.807) is 0 Å². The van der Waals surface area contributed by atoms with E-state index in [0.717, 1.165) is 18.4 Å². The van der Waals surface area contributed by atoms with Gasteiger partial charge >= 0.3 is 5.97 Å². The summed E-state index contributed by atoms with van der Waals surface area (Å²) >= 11 is 0. The molecule has 0 aromatic carbocycles. The number of carboxylic acids is 1. The van der Waals surface area contributed by atoms with E-state index in [9.17, 15) is 4.79 Å².